The van der Waals surface area contributed by atoms with Gasteiger partial charge in [0.05, 0.1) is 18.8 Å². The highest BCUT2D eigenvalue weighted by Gasteiger charge is 2.39. The van der Waals surface area contributed by atoms with E-state index in [2.05, 4.69) is 0 Å². The molecular formula is C13H23NO4. The minimum Gasteiger partial charge on any atom is -0.480 e. The molecule has 5 heteroatoms. The maximum atomic E-state index is 11.1. The summed E-state index contributed by atoms with van der Waals surface area (Å²) < 4.78 is 11.4. The lowest BCUT2D eigenvalue weighted by molar-refractivity contribution is -0.148. The third kappa shape index (κ3) is 3.43. The van der Waals surface area contributed by atoms with Gasteiger partial charge in [0.15, 0.2) is 0 Å². The summed E-state index contributed by atoms with van der Waals surface area (Å²) in [5.74, 6) is -0.912. The van der Waals surface area contributed by atoms with Gasteiger partial charge in [-0.3, -0.25) is 4.79 Å². The van der Waals surface area contributed by atoms with E-state index in [9.17, 15) is 4.79 Å². The summed E-state index contributed by atoms with van der Waals surface area (Å²) in [6.45, 7) is 1.38. The van der Waals surface area contributed by atoms with Gasteiger partial charge in [0, 0.05) is 13.0 Å². The lowest BCUT2D eigenvalue weighted by atomic mass is 9.81. The van der Waals surface area contributed by atoms with Crippen LogP contribution in [0.4, 0.5) is 0 Å². The predicted octanol–water partition coefficient (Wildman–Crippen LogP) is 1.30. The van der Waals surface area contributed by atoms with E-state index in [4.69, 9.17) is 20.3 Å². The lowest BCUT2D eigenvalue weighted by Gasteiger charge is -2.35. The van der Waals surface area contributed by atoms with E-state index >= 15 is 0 Å². The summed E-state index contributed by atoms with van der Waals surface area (Å²) in [5.41, 5.74) is 4.79. The van der Waals surface area contributed by atoms with Gasteiger partial charge in [-0.1, -0.05) is 0 Å². The van der Waals surface area contributed by atoms with Crippen LogP contribution in [-0.4, -0.2) is 42.0 Å². The molecule has 1 aliphatic heterocycles. The highest BCUT2D eigenvalue weighted by Crippen LogP contribution is 2.29. The molecule has 2 aliphatic rings. The molecule has 1 saturated heterocycles. The van der Waals surface area contributed by atoms with E-state index in [0.29, 0.717) is 19.4 Å². The molecule has 0 bridgehead atoms. The maximum Gasteiger partial charge on any atom is 0.323 e. The molecule has 0 aromatic carbocycles. The molecule has 3 N–H and O–H groups in total. The average Bonchev–Trinajstić information content (AvgIpc) is 2.38. The number of hydrogen-bond donors (Lipinski definition) is 2. The summed E-state index contributed by atoms with van der Waals surface area (Å²) in [7, 11) is 0. The van der Waals surface area contributed by atoms with Crippen LogP contribution in [0.1, 0.15) is 44.9 Å². The zero-order chi connectivity index (χ0) is 13.0. The second-order valence-electron chi connectivity index (χ2n) is 5.50. The fourth-order valence-electron chi connectivity index (χ4n) is 2.77. The van der Waals surface area contributed by atoms with Crippen molar-refractivity contribution < 1.29 is 19.4 Å². The van der Waals surface area contributed by atoms with Crippen LogP contribution in [0, 0.1) is 0 Å². The van der Waals surface area contributed by atoms with E-state index in [0.717, 1.165) is 32.3 Å². The van der Waals surface area contributed by atoms with E-state index in [1.54, 1.807) is 0 Å². The van der Waals surface area contributed by atoms with Crippen LogP contribution in [0.5, 0.6) is 0 Å². The summed E-state index contributed by atoms with van der Waals surface area (Å²) in [6.07, 6.45) is 6.18. The van der Waals surface area contributed by atoms with Crippen molar-refractivity contribution in [1.82, 2.24) is 0 Å². The van der Waals surface area contributed by atoms with Crippen LogP contribution in [-0.2, 0) is 14.3 Å². The SMILES string of the molecule is NC1(C(=O)O)CCCC(OCC2CCCCO2)C1. The van der Waals surface area contributed by atoms with Crippen LogP contribution < -0.4 is 5.73 Å². The molecule has 0 aromatic rings. The Balaban J connectivity index is 1.77. The van der Waals surface area contributed by atoms with Crippen LogP contribution in [0.2, 0.25) is 0 Å². The Morgan fingerprint density at radius 3 is 2.89 bits per heavy atom. The second-order valence-corrected chi connectivity index (χ2v) is 5.50. The van der Waals surface area contributed by atoms with Gasteiger partial charge in [-0.05, 0) is 38.5 Å². The third-order valence-corrected chi connectivity index (χ3v) is 3.96. The molecule has 0 aromatic heterocycles. The molecule has 3 unspecified atom stereocenters. The first-order chi connectivity index (χ1) is 8.60. The first-order valence-electron chi connectivity index (χ1n) is 6.86. The van der Waals surface area contributed by atoms with Crippen molar-refractivity contribution in [3.05, 3.63) is 0 Å². The molecule has 2 rings (SSSR count). The molecular weight excluding hydrogens is 234 g/mol. The molecule has 1 heterocycles. The van der Waals surface area contributed by atoms with Crippen molar-refractivity contribution in [3.63, 3.8) is 0 Å². The molecule has 0 radical (unpaired) electrons. The Bertz CT molecular complexity index is 291. The van der Waals surface area contributed by atoms with Crippen LogP contribution in [0.3, 0.4) is 0 Å². The molecule has 2 fully saturated rings. The maximum absolute atomic E-state index is 11.1. The predicted molar refractivity (Wildman–Crippen MR) is 66.4 cm³/mol. The molecule has 104 valence electrons. The van der Waals surface area contributed by atoms with E-state index in [1.165, 1.54) is 6.42 Å². The molecule has 3 atom stereocenters. The van der Waals surface area contributed by atoms with Crippen molar-refractivity contribution in [3.8, 4) is 0 Å². The van der Waals surface area contributed by atoms with Crippen molar-refractivity contribution in [2.45, 2.75) is 62.7 Å². The van der Waals surface area contributed by atoms with Gasteiger partial charge < -0.3 is 20.3 Å². The highest BCUT2D eigenvalue weighted by molar-refractivity contribution is 5.78. The van der Waals surface area contributed by atoms with E-state index < -0.39 is 11.5 Å². The van der Waals surface area contributed by atoms with Crippen molar-refractivity contribution in [2.75, 3.05) is 13.2 Å². The summed E-state index contributed by atoms with van der Waals surface area (Å²) >= 11 is 0. The summed E-state index contributed by atoms with van der Waals surface area (Å²) in [6, 6.07) is 0. The van der Waals surface area contributed by atoms with Crippen molar-refractivity contribution >= 4 is 5.97 Å². The van der Waals surface area contributed by atoms with Gasteiger partial charge in [0.2, 0.25) is 0 Å². The Morgan fingerprint density at radius 2 is 2.22 bits per heavy atom. The van der Waals surface area contributed by atoms with Gasteiger partial charge in [-0.15, -0.1) is 0 Å². The van der Waals surface area contributed by atoms with Crippen LogP contribution in [0.25, 0.3) is 0 Å². The minimum atomic E-state index is -1.10. The summed E-state index contributed by atoms with van der Waals surface area (Å²) in [4.78, 5) is 11.1. The van der Waals surface area contributed by atoms with Crippen molar-refractivity contribution in [1.29, 1.82) is 0 Å². The fraction of sp³-hybridized carbons (Fsp3) is 0.923. The number of hydrogen-bond acceptors (Lipinski definition) is 4. The van der Waals surface area contributed by atoms with Crippen molar-refractivity contribution in [2.24, 2.45) is 5.73 Å². The van der Waals surface area contributed by atoms with Crippen LogP contribution >= 0.6 is 0 Å². The molecule has 1 saturated carbocycles. The second kappa shape index (κ2) is 5.99. The summed E-state index contributed by atoms with van der Waals surface area (Å²) in [5, 5.41) is 9.13. The normalized spacial score (nSPS) is 37.4. The Hall–Kier alpha value is -0.650. The minimum absolute atomic E-state index is 0.0367. The first kappa shape index (κ1) is 13.8. The number of carbonyl (C=O) groups is 1. The smallest absolute Gasteiger partial charge is 0.323 e. The molecule has 0 amide bonds. The number of aliphatic carboxylic acids is 1. The standard InChI is InChI=1S/C13H23NO4/c14-13(12(15)16)6-3-5-10(8-13)18-9-11-4-1-2-7-17-11/h10-11H,1-9,14H2,(H,15,16). The highest BCUT2D eigenvalue weighted by atomic mass is 16.5. The van der Waals surface area contributed by atoms with E-state index in [1.807, 2.05) is 0 Å². The van der Waals surface area contributed by atoms with Gasteiger partial charge in [-0.25, -0.2) is 0 Å². The Morgan fingerprint density at radius 1 is 1.39 bits per heavy atom. The first-order valence-corrected chi connectivity index (χ1v) is 6.86. The number of rotatable bonds is 4. The molecule has 0 spiro atoms. The average molecular weight is 257 g/mol. The van der Waals surface area contributed by atoms with Gasteiger partial charge >= 0.3 is 5.97 Å². The Labute approximate surface area is 108 Å². The number of carboxylic acids is 1. The Kier molecular flexibility index (Phi) is 4.59. The number of ether oxygens (including phenoxy) is 2. The third-order valence-electron chi connectivity index (χ3n) is 3.96. The van der Waals surface area contributed by atoms with E-state index in [-0.39, 0.29) is 12.2 Å². The molecule has 1 aliphatic carbocycles. The zero-order valence-electron chi connectivity index (χ0n) is 10.8. The fourth-order valence-corrected chi connectivity index (χ4v) is 2.77. The van der Waals surface area contributed by atoms with Gasteiger partial charge in [0.25, 0.3) is 0 Å². The lowest BCUT2D eigenvalue weighted by Crippen LogP contribution is -2.53. The quantitative estimate of drug-likeness (QED) is 0.793. The molecule has 18 heavy (non-hydrogen) atoms. The topological polar surface area (TPSA) is 81.8 Å². The number of carboxylic acid groups (broad SMARTS) is 1. The molecule has 5 nitrogen and oxygen atoms in total. The zero-order valence-corrected chi connectivity index (χ0v) is 10.8. The van der Waals surface area contributed by atoms with Crippen LogP contribution in [0.15, 0.2) is 0 Å². The van der Waals surface area contributed by atoms with Gasteiger partial charge in [-0.2, -0.15) is 0 Å². The number of nitrogens with two attached hydrogens (primary N) is 1. The van der Waals surface area contributed by atoms with Gasteiger partial charge in [0.1, 0.15) is 5.54 Å². The monoisotopic (exact) mass is 257 g/mol. The largest absolute Gasteiger partial charge is 0.480 e.